The normalized spacial score (nSPS) is 10.3. The molecule has 3 heteroatoms. The Morgan fingerprint density at radius 1 is 0.524 bits per heavy atom. The van der Waals surface area contributed by atoms with E-state index in [1.165, 1.54) is 0 Å². The third-order valence-electron chi connectivity index (χ3n) is 3.02. The second kappa shape index (κ2) is 7.89. The summed E-state index contributed by atoms with van der Waals surface area (Å²) in [4.78, 5) is 0. The van der Waals surface area contributed by atoms with Gasteiger partial charge in [0.15, 0.2) is 0 Å². The molecule has 1 radical (unpaired) electrons. The number of hydrogen-bond acceptors (Lipinski definition) is 2. The summed E-state index contributed by atoms with van der Waals surface area (Å²) in [7, 11) is 0. The molecular formula is C18H14N2Na. The molecule has 0 fully saturated rings. The standard InChI is InChI=1S/C18H14N2.Na/c1-3-9-15(10-4-1)17-13-7-8-14-18(17)20-19-16-11-5-2-6-12-16;/h1-14H;. The monoisotopic (exact) mass is 281 g/mol. The molecule has 0 saturated carbocycles. The first-order chi connectivity index (χ1) is 9.93. The molecule has 0 aliphatic rings. The van der Waals surface area contributed by atoms with Crippen LogP contribution in [0.5, 0.6) is 0 Å². The van der Waals surface area contributed by atoms with E-state index in [-0.39, 0.29) is 29.6 Å². The number of benzene rings is 3. The van der Waals surface area contributed by atoms with E-state index < -0.39 is 0 Å². The topological polar surface area (TPSA) is 24.7 Å². The van der Waals surface area contributed by atoms with Gasteiger partial charge >= 0.3 is 0 Å². The molecule has 21 heavy (non-hydrogen) atoms. The van der Waals surface area contributed by atoms with Gasteiger partial charge in [-0.25, -0.2) is 0 Å². The fourth-order valence-electron chi connectivity index (χ4n) is 2.03. The Balaban J connectivity index is 0.00000161. The van der Waals surface area contributed by atoms with Gasteiger partial charge in [0.2, 0.25) is 0 Å². The number of nitrogens with zero attached hydrogens (tertiary/aromatic N) is 2. The number of azo groups is 1. The first kappa shape index (κ1) is 15.6. The summed E-state index contributed by atoms with van der Waals surface area (Å²) >= 11 is 0. The summed E-state index contributed by atoms with van der Waals surface area (Å²) in [5.74, 6) is 0. The van der Waals surface area contributed by atoms with Crippen molar-refractivity contribution in [2.45, 2.75) is 0 Å². The molecule has 2 nitrogen and oxygen atoms in total. The van der Waals surface area contributed by atoms with E-state index in [0.29, 0.717) is 0 Å². The Morgan fingerprint density at radius 2 is 1.10 bits per heavy atom. The smallest absolute Gasteiger partial charge is 0.0935 e. The van der Waals surface area contributed by atoms with E-state index in [1.807, 2.05) is 66.7 Å². The third kappa shape index (κ3) is 4.11. The van der Waals surface area contributed by atoms with Crippen molar-refractivity contribution in [3.63, 3.8) is 0 Å². The van der Waals surface area contributed by atoms with Gasteiger partial charge in [-0.2, -0.15) is 5.11 Å². The average molecular weight is 281 g/mol. The van der Waals surface area contributed by atoms with Crippen molar-refractivity contribution in [2.75, 3.05) is 0 Å². The Labute approximate surface area is 146 Å². The van der Waals surface area contributed by atoms with Gasteiger partial charge in [-0.15, -0.1) is 5.11 Å². The zero-order valence-electron chi connectivity index (χ0n) is 12.0. The summed E-state index contributed by atoms with van der Waals surface area (Å²) in [6.45, 7) is 0. The van der Waals surface area contributed by atoms with Gasteiger partial charge in [0.05, 0.1) is 11.4 Å². The van der Waals surface area contributed by atoms with Crippen LogP contribution >= 0.6 is 0 Å². The predicted octanol–water partition coefficient (Wildman–Crippen LogP) is 5.39. The van der Waals surface area contributed by atoms with Crippen molar-refractivity contribution in [3.8, 4) is 11.1 Å². The molecule has 0 aromatic heterocycles. The SMILES string of the molecule is [Na].c1ccc(N=Nc2ccccc2-c2ccccc2)cc1. The minimum Gasteiger partial charge on any atom is -0.151 e. The average Bonchev–Trinajstić information content (AvgIpc) is 2.55. The largest absolute Gasteiger partial charge is 0.151 e. The second-order valence-corrected chi connectivity index (χ2v) is 4.42. The van der Waals surface area contributed by atoms with Gasteiger partial charge in [-0.1, -0.05) is 66.7 Å². The Morgan fingerprint density at radius 3 is 1.81 bits per heavy atom. The fraction of sp³-hybridized carbons (Fsp3) is 0. The van der Waals surface area contributed by atoms with Crippen LogP contribution in [0.1, 0.15) is 0 Å². The molecule has 0 amide bonds. The molecule has 0 heterocycles. The van der Waals surface area contributed by atoms with Crippen molar-refractivity contribution in [1.29, 1.82) is 0 Å². The van der Waals surface area contributed by atoms with Crippen molar-refractivity contribution < 1.29 is 0 Å². The van der Waals surface area contributed by atoms with Crippen LogP contribution in [-0.2, 0) is 0 Å². The molecule has 97 valence electrons. The van der Waals surface area contributed by atoms with E-state index in [2.05, 4.69) is 28.4 Å². The van der Waals surface area contributed by atoms with E-state index in [9.17, 15) is 0 Å². The van der Waals surface area contributed by atoms with Gasteiger partial charge in [0.25, 0.3) is 0 Å². The molecule has 3 aromatic carbocycles. The van der Waals surface area contributed by atoms with Crippen LogP contribution in [-0.4, -0.2) is 29.6 Å². The van der Waals surface area contributed by atoms with Gasteiger partial charge in [0.1, 0.15) is 0 Å². The van der Waals surface area contributed by atoms with Crippen LogP contribution in [0.25, 0.3) is 11.1 Å². The zero-order valence-corrected chi connectivity index (χ0v) is 14.0. The zero-order chi connectivity index (χ0) is 13.6. The van der Waals surface area contributed by atoms with Crippen molar-refractivity contribution in [3.05, 3.63) is 84.9 Å². The van der Waals surface area contributed by atoms with Crippen LogP contribution in [0.15, 0.2) is 95.2 Å². The molecule has 0 unspecified atom stereocenters. The van der Waals surface area contributed by atoms with E-state index in [0.717, 1.165) is 22.5 Å². The first-order valence-electron chi connectivity index (χ1n) is 6.55. The van der Waals surface area contributed by atoms with Crippen LogP contribution in [0.3, 0.4) is 0 Å². The predicted molar refractivity (Wildman–Crippen MR) is 88.3 cm³/mol. The van der Waals surface area contributed by atoms with Crippen LogP contribution in [0.2, 0.25) is 0 Å². The molecule has 0 bridgehead atoms. The van der Waals surface area contributed by atoms with Gasteiger partial charge < -0.3 is 0 Å². The van der Waals surface area contributed by atoms with Gasteiger partial charge in [-0.05, 0) is 23.8 Å². The third-order valence-corrected chi connectivity index (χ3v) is 3.02. The second-order valence-electron chi connectivity index (χ2n) is 4.42. The minimum absolute atomic E-state index is 0. The summed E-state index contributed by atoms with van der Waals surface area (Å²) in [5, 5.41) is 8.67. The molecule has 3 aromatic rings. The van der Waals surface area contributed by atoms with E-state index in [4.69, 9.17) is 0 Å². The maximum atomic E-state index is 4.38. The summed E-state index contributed by atoms with van der Waals surface area (Å²) in [6.07, 6.45) is 0. The first-order valence-corrected chi connectivity index (χ1v) is 6.55. The Hall–Kier alpha value is -1.74. The molecule has 0 saturated heterocycles. The molecule has 3 rings (SSSR count). The number of hydrogen-bond donors (Lipinski definition) is 0. The summed E-state index contributed by atoms with van der Waals surface area (Å²) < 4.78 is 0. The molecule has 0 atom stereocenters. The van der Waals surface area contributed by atoms with E-state index in [1.54, 1.807) is 0 Å². The maximum absolute atomic E-state index is 4.38. The molecule has 0 N–H and O–H groups in total. The van der Waals surface area contributed by atoms with Crippen LogP contribution < -0.4 is 0 Å². The molecule has 0 aliphatic carbocycles. The maximum Gasteiger partial charge on any atom is 0.0935 e. The van der Waals surface area contributed by atoms with Crippen molar-refractivity contribution in [2.24, 2.45) is 10.2 Å². The Bertz CT molecular complexity index is 710. The van der Waals surface area contributed by atoms with Gasteiger partial charge in [-0.3, -0.25) is 0 Å². The van der Waals surface area contributed by atoms with Crippen molar-refractivity contribution >= 4 is 40.9 Å². The van der Waals surface area contributed by atoms with Crippen LogP contribution in [0, 0.1) is 0 Å². The Kier molecular flexibility index (Phi) is 5.88. The molecular weight excluding hydrogens is 267 g/mol. The molecule has 0 aliphatic heterocycles. The molecule has 0 spiro atoms. The minimum atomic E-state index is 0. The number of rotatable bonds is 3. The van der Waals surface area contributed by atoms with Crippen LogP contribution in [0.4, 0.5) is 11.4 Å². The summed E-state index contributed by atoms with van der Waals surface area (Å²) in [5.41, 5.74) is 3.97. The van der Waals surface area contributed by atoms with Gasteiger partial charge in [0, 0.05) is 35.1 Å². The fourth-order valence-corrected chi connectivity index (χ4v) is 2.03. The summed E-state index contributed by atoms with van der Waals surface area (Å²) in [6, 6.07) is 28.0. The van der Waals surface area contributed by atoms with E-state index >= 15 is 0 Å². The quantitative estimate of drug-likeness (QED) is 0.454. The van der Waals surface area contributed by atoms with Crippen molar-refractivity contribution in [1.82, 2.24) is 0 Å².